The van der Waals surface area contributed by atoms with Crippen LogP contribution in [0.4, 0.5) is 0 Å². The van der Waals surface area contributed by atoms with Crippen molar-refractivity contribution < 1.29 is 14.3 Å². The highest BCUT2D eigenvalue weighted by atomic mass is 16.3. The first-order valence-electron chi connectivity index (χ1n) is 7.98. The van der Waals surface area contributed by atoms with Gasteiger partial charge in [0, 0.05) is 12.7 Å². The SMILES string of the molecule is CCC(O)CNC(=O)c1cnn(-c2nccc(-c3ccco3)n2)c1C. The summed E-state index contributed by atoms with van der Waals surface area (Å²) < 4.78 is 6.84. The Kier molecular flexibility index (Phi) is 4.90. The number of hydrogen-bond acceptors (Lipinski definition) is 6. The van der Waals surface area contributed by atoms with E-state index in [-0.39, 0.29) is 12.5 Å². The standard InChI is InChI=1S/C17H19N5O3/c1-3-12(23)9-19-16(24)13-10-20-22(11(13)2)17-18-7-6-14(21-17)15-5-4-8-25-15/h4-8,10,12,23H,3,9H2,1-2H3,(H,19,24). The van der Waals surface area contributed by atoms with Crippen molar-refractivity contribution >= 4 is 5.91 Å². The van der Waals surface area contributed by atoms with Gasteiger partial charge in [0.1, 0.15) is 5.69 Å². The Morgan fingerprint density at radius 1 is 1.44 bits per heavy atom. The van der Waals surface area contributed by atoms with E-state index in [2.05, 4.69) is 20.4 Å². The van der Waals surface area contributed by atoms with Gasteiger partial charge in [-0.3, -0.25) is 4.79 Å². The summed E-state index contributed by atoms with van der Waals surface area (Å²) in [6, 6.07) is 5.32. The van der Waals surface area contributed by atoms with Gasteiger partial charge in [-0.2, -0.15) is 5.10 Å². The van der Waals surface area contributed by atoms with Crippen LogP contribution in [0.3, 0.4) is 0 Å². The molecule has 3 aromatic heterocycles. The molecule has 0 fully saturated rings. The average Bonchev–Trinajstić information content (AvgIpc) is 3.29. The minimum Gasteiger partial charge on any atom is -0.463 e. The van der Waals surface area contributed by atoms with Gasteiger partial charge in [-0.15, -0.1) is 0 Å². The number of amides is 1. The third kappa shape index (κ3) is 3.58. The van der Waals surface area contributed by atoms with Crippen molar-refractivity contribution in [2.45, 2.75) is 26.4 Å². The predicted octanol–water partition coefficient (Wildman–Crippen LogP) is 1.73. The first-order chi connectivity index (χ1) is 12.1. The van der Waals surface area contributed by atoms with E-state index in [0.717, 1.165) is 0 Å². The lowest BCUT2D eigenvalue weighted by Crippen LogP contribution is -2.31. The number of aliphatic hydroxyl groups is 1. The third-order valence-electron chi connectivity index (χ3n) is 3.83. The second-order valence-corrected chi connectivity index (χ2v) is 5.55. The van der Waals surface area contributed by atoms with Crippen LogP contribution in [-0.2, 0) is 0 Å². The van der Waals surface area contributed by atoms with Crippen molar-refractivity contribution in [2.75, 3.05) is 6.54 Å². The van der Waals surface area contributed by atoms with E-state index >= 15 is 0 Å². The van der Waals surface area contributed by atoms with Gasteiger partial charge >= 0.3 is 0 Å². The Morgan fingerprint density at radius 2 is 2.28 bits per heavy atom. The van der Waals surface area contributed by atoms with Gasteiger partial charge in [0.25, 0.3) is 11.9 Å². The van der Waals surface area contributed by atoms with Gasteiger partial charge in [0.15, 0.2) is 5.76 Å². The van der Waals surface area contributed by atoms with Crippen molar-refractivity contribution in [3.05, 3.63) is 48.1 Å². The van der Waals surface area contributed by atoms with Crippen LogP contribution >= 0.6 is 0 Å². The van der Waals surface area contributed by atoms with Crippen LogP contribution in [0, 0.1) is 6.92 Å². The molecule has 3 aromatic rings. The van der Waals surface area contributed by atoms with Crippen molar-refractivity contribution in [3.63, 3.8) is 0 Å². The van der Waals surface area contributed by atoms with Crippen LogP contribution in [0.1, 0.15) is 29.4 Å². The monoisotopic (exact) mass is 341 g/mol. The number of aliphatic hydroxyl groups excluding tert-OH is 1. The molecule has 3 heterocycles. The highest BCUT2D eigenvalue weighted by Crippen LogP contribution is 2.18. The molecule has 1 amide bonds. The fourth-order valence-electron chi connectivity index (χ4n) is 2.30. The van der Waals surface area contributed by atoms with Crippen LogP contribution in [0.5, 0.6) is 0 Å². The second-order valence-electron chi connectivity index (χ2n) is 5.55. The topological polar surface area (TPSA) is 106 Å². The predicted molar refractivity (Wildman–Crippen MR) is 90.2 cm³/mol. The zero-order valence-corrected chi connectivity index (χ0v) is 14.0. The molecule has 8 nitrogen and oxygen atoms in total. The number of aromatic nitrogens is 4. The van der Waals surface area contributed by atoms with Gasteiger partial charge in [-0.25, -0.2) is 14.6 Å². The molecule has 0 aliphatic heterocycles. The molecular formula is C17H19N5O3. The average molecular weight is 341 g/mol. The number of carbonyl (C=O) groups is 1. The highest BCUT2D eigenvalue weighted by Gasteiger charge is 2.17. The normalized spacial score (nSPS) is 12.1. The summed E-state index contributed by atoms with van der Waals surface area (Å²) in [7, 11) is 0. The summed E-state index contributed by atoms with van der Waals surface area (Å²) >= 11 is 0. The number of rotatable bonds is 6. The minimum absolute atomic E-state index is 0.199. The maximum atomic E-state index is 12.3. The summed E-state index contributed by atoms with van der Waals surface area (Å²) in [6.45, 7) is 3.81. The highest BCUT2D eigenvalue weighted by molar-refractivity contribution is 5.95. The third-order valence-corrected chi connectivity index (χ3v) is 3.83. The lowest BCUT2D eigenvalue weighted by molar-refractivity contribution is 0.0913. The van der Waals surface area contributed by atoms with Gasteiger partial charge in [-0.05, 0) is 31.5 Å². The number of hydrogen-bond donors (Lipinski definition) is 2. The maximum absolute atomic E-state index is 12.3. The first kappa shape index (κ1) is 16.8. The van der Waals surface area contributed by atoms with Gasteiger partial charge < -0.3 is 14.8 Å². The molecule has 1 unspecified atom stereocenters. The number of carbonyl (C=O) groups excluding carboxylic acids is 1. The zero-order valence-electron chi connectivity index (χ0n) is 14.0. The molecule has 0 spiro atoms. The molecule has 130 valence electrons. The Bertz CT molecular complexity index is 857. The quantitative estimate of drug-likeness (QED) is 0.707. The molecule has 1 atom stereocenters. The minimum atomic E-state index is -0.562. The summed E-state index contributed by atoms with van der Waals surface area (Å²) in [5.74, 6) is 0.678. The molecule has 0 saturated heterocycles. The molecular weight excluding hydrogens is 322 g/mol. The van der Waals surface area contributed by atoms with Crippen LogP contribution in [0.25, 0.3) is 17.4 Å². The Balaban J connectivity index is 1.84. The fraction of sp³-hybridized carbons (Fsp3) is 0.294. The van der Waals surface area contributed by atoms with Gasteiger partial charge in [0.05, 0.1) is 29.8 Å². The molecule has 3 rings (SSSR count). The fourth-order valence-corrected chi connectivity index (χ4v) is 2.30. The van der Waals surface area contributed by atoms with E-state index in [0.29, 0.717) is 35.1 Å². The van der Waals surface area contributed by atoms with E-state index in [4.69, 9.17) is 4.42 Å². The molecule has 0 aliphatic rings. The molecule has 2 N–H and O–H groups in total. The maximum Gasteiger partial charge on any atom is 0.254 e. The van der Waals surface area contributed by atoms with E-state index < -0.39 is 6.10 Å². The second kappa shape index (κ2) is 7.27. The largest absolute Gasteiger partial charge is 0.463 e. The summed E-state index contributed by atoms with van der Waals surface area (Å²) in [4.78, 5) is 20.9. The molecule has 0 aromatic carbocycles. The Hall–Kier alpha value is -3.00. The van der Waals surface area contributed by atoms with Crippen molar-refractivity contribution in [2.24, 2.45) is 0 Å². The summed E-state index contributed by atoms with van der Waals surface area (Å²) in [6.07, 6.45) is 4.66. The lowest BCUT2D eigenvalue weighted by atomic mass is 10.2. The Morgan fingerprint density at radius 3 is 3.00 bits per heavy atom. The number of furan rings is 1. The first-order valence-corrected chi connectivity index (χ1v) is 7.98. The molecule has 25 heavy (non-hydrogen) atoms. The van der Waals surface area contributed by atoms with Crippen molar-refractivity contribution in [3.8, 4) is 17.4 Å². The molecule has 0 bridgehead atoms. The Labute approximate surface area is 144 Å². The van der Waals surface area contributed by atoms with E-state index in [1.54, 1.807) is 37.6 Å². The lowest BCUT2D eigenvalue weighted by Gasteiger charge is -2.09. The summed E-state index contributed by atoms with van der Waals surface area (Å²) in [5.41, 5.74) is 1.65. The van der Waals surface area contributed by atoms with E-state index in [9.17, 15) is 9.90 Å². The van der Waals surface area contributed by atoms with E-state index in [1.165, 1.54) is 10.9 Å². The summed E-state index contributed by atoms with van der Waals surface area (Å²) in [5, 5.41) is 16.5. The van der Waals surface area contributed by atoms with Crippen LogP contribution in [-0.4, -0.2) is 43.4 Å². The van der Waals surface area contributed by atoms with Gasteiger partial charge in [-0.1, -0.05) is 6.92 Å². The molecule has 0 radical (unpaired) electrons. The zero-order chi connectivity index (χ0) is 17.8. The van der Waals surface area contributed by atoms with E-state index in [1.807, 2.05) is 6.92 Å². The van der Waals surface area contributed by atoms with Crippen LogP contribution in [0.15, 0.2) is 41.3 Å². The smallest absolute Gasteiger partial charge is 0.254 e. The van der Waals surface area contributed by atoms with Gasteiger partial charge in [0.2, 0.25) is 0 Å². The van der Waals surface area contributed by atoms with Crippen LogP contribution < -0.4 is 5.32 Å². The number of nitrogens with zero attached hydrogens (tertiary/aromatic N) is 4. The molecule has 0 saturated carbocycles. The van der Waals surface area contributed by atoms with Crippen molar-refractivity contribution in [1.82, 2.24) is 25.1 Å². The number of nitrogens with one attached hydrogen (secondary N) is 1. The van der Waals surface area contributed by atoms with Crippen LogP contribution in [0.2, 0.25) is 0 Å². The molecule has 0 aliphatic carbocycles. The van der Waals surface area contributed by atoms with Crippen molar-refractivity contribution in [1.29, 1.82) is 0 Å². The molecule has 8 heteroatoms.